The summed E-state index contributed by atoms with van der Waals surface area (Å²) in [7, 11) is 0. The van der Waals surface area contributed by atoms with E-state index in [0.29, 0.717) is 5.57 Å². The van der Waals surface area contributed by atoms with Crippen LogP contribution in [0.2, 0.25) is 0 Å². The standard InChI is InChI=1S/C15H18O5/c1-6-3-11(18)13-7(2)10(17)4-8-9(5-16)15(19)20-14(8)12(6)13/h8-10,12-14,16-17H,1-5H2. The Morgan fingerprint density at radius 1 is 1.30 bits per heavy atom. The molecule has 6 atom stereocenters. The summed E-state index contributed by atoms with van der Waals surface area (Å²) < 4.78 is 5.41. The molecule has 0 aromatic heterocycles. The van der Waals surface area contributed by atoms with Crippen molar-refractivity contribution in [3.05, 3.63) is 24.3 Å². The smallest absolute Gasteiger partial charge is 0.312 e. The Kier molecular flexibility index (Phi) is 3.06. The highest BCUT2D eigenvalue weighted by Gasteiger charge is 2.57. The second kappa shape index (κ2) is 4.53. The van der Waals surface area contributed by atoms with Crippen molar-refractivity contribution >= 4 is 11.8 Å². The lowest BCUT2D eigenvalue weighted by atomic mass is 9.80. The number of carbonyl (C=O) groups is 2. The summed E-state index contributed by atoms with van der Waals surface area (Å²) in [6, 6.07) is 0. The topological polar surface area (TPSA) is 83.8 Å². The number of esters is 1. The molecule has 3 fully saturated rings. The lowest BCUT2D eigenvalue weighted by molar-refractivity contribution is -0.147. The SMILES string of the molecule is C=C1C(O)CC2C(CO)C(=O)OC2C2C(=C)CC(=O)C12. The maximum Gasteiger partial charge on any atom is 0.312 e. The van der Waals surface area contributed by atoms with E-state index < -0.39 is 30.0 Å². The molecule has 2 N–H and O–H groups in total. The van der Waals surface area contributed by atoms with Crippen molar-refractivity contribution in [2.45, 2.75) is 25.0 Å². The van der Waals surface area contributed by atoms with E-state index in [1.54, 1.807) is 0 Å². The Balaban J connectivity index is 2.04. The maximum atomic E-state index is 12.1. The second-order valence-corrected chi connectivity index (χ2v) is 5.99. The first-order valence-electron chi connectivity index (χ1n) is 6.84. The average molecular weight is 278 g/mol. The number of fused-ring (bicyclic) bond motifs is 3. The molecule has 0 radical (unpaired) electrons. The molecule has 20 heavy (non-hydrogen) atoms. The Hall–Kier alpha value is -1.46. The molecule has 0 aromatic rings. The Bertz CT molecular complexity index is 508. The fraction of sp³-hybridized carbons (Fsp3) is 0.600. The molecule has 2 aliphatic carbocycles. The van der Waals surface area contributed by atoms with Gasteiger partial charge in [0.25, 0.3) is 0 Å². The monoisotopic (exact) mass is 278 g/mol. The van der Waals surface area contributed by atoms with Gasteiger partial charge in [0.15, 0.2) is 0 Å². The van der Waals surface area contributed by atoms with Gasteiger partial charge in [-0.05, 0) is 12.0 Å². The van der Waals surface area contributed by atoms with Crippen molar-refractivity contribution in [3.8, 4) is 0 Å². The van der Waals surface area contributed by atoms with Crippen LogP contribution in [0.5, 0.6) is 0 Å². The van der Waals surface area contributed by atoms with Gasteiger partial charge in [0.2, 0.25) is 0 Å². The summed E-state index contributed by atoms with van der Waals surface area (Å²) in [4.78, 5) is 24.0. The van der Waals surface area contributed by atoms with Gasteiger partial charge in [0.05, 0.1) is 24.5 Å². The highest BCUT2D eigenvalue weighted by atomic mass is 16.6. The molecule has 0 spiro atoms. The van der Waals surface area contributed by atoms with Crippen molar-refractivity contribution in [1.29, 1.82) is 0 Å². The van der Waals surface area contributed by atoms with Gasteiger partial charge >= 0.3 is 5.97 Å². The van der Waals surface area contributed by atoms with Crippen LogP contribution in [-0.4, -0.2) is 40.8 Å². The van der Waals surface area contributed by atoms with E-state index in [1.165, 1.54) is 0 Å². The zero-order chi connectivity index (χ0) is 14.6. The molecule has 108 valence electrons. The van der Waals surface area contributed by atoms with Gasteiger partial charge in [-0.15, -0.1) is 0 Å². The quantitative estimate of drug-likeness (QED) is 0.529. The molecule has 5 heteroatoms. The molecule has 5 nitrogen and oxygen atoms in total. The van der Waals surface area contributed by atoms with Crippen LogP contribution in [0.25, 0.3) is 0 Å². The number of hydrogen-bond donors (Lipinski definition) is 2. The van der Waals surface area contributed by atoms with E-state index in [0.717, 1.165) is 5.57 Å². The Morgan fingerprint density at radius 3 is 2.65 bits per heavy atom. The van der Waals surface area contributed by atoms with E-state index in [4.69, 9.17) is 4.74 Å². The zero-order valence-electron chi connectivity index (χ0n) is 11.1. The van der Waals surface area contributed by atoms with Crippen LogP contribution in [0.1, 0.15) is 12.8 Å². The summed E-state index contributed by atoms with van der Waals surface area (Å²) in [5.41, 5.74) is 1.22. The van der Waals surface area contributed by atoms with Crippen LogP contribution in [-0.2, 0) is 14.3 Å². The van der Waals surface area contributed by atoms with E-state index in [1.807, 2.05) is 0 Å². The minimum Gasteiger partial charge on any atom is -0.461 e. The minimum atomic E-state index is -0.851. The molecule has 1 aliphatic heterocycles. The molecule has 2 saturated carbocycles. The van der Waals surface area contributed by atoms with Crippen LogP contribution >= 0.6 is 0 Å². The summed E-state index contributed by atoms with van der Waals surface area (Å²) in [6.07, 6.45) is -0.812. The molecule has 6 unspecified atom stereocenters. The number of aliphatic hydroxyl groups is 2. The minimum absolute atomic E-state index is 0.0202. The van der Waals surface area contributed by atoms with Crippen molar-refractivity contribution in [2.75, 3.05) is 6.61 Å². The number of Topliss-reactive ketones (excluding diaryl/α,β-unsaturated/α-hetero) is 1. The number of aliphatic hydroxyl groups excluding tert-OH is 2. The maximum absolute atomic E-state index is 12.1. The van der Waals surface area contributed by atoms with Gasteiger partial charge in [-0.2, -0.15) is 0 Å². The first-order valence-corrected chi connectivity index (χ1v) is 6.84. The highest BCUT2D eigenvalue weighted by molar-refractivity contribution is 5.90. The van der Waals surface area contributed by atoms with Crippen molar-refractivity contribution in [1.82, 2.24) is 0 Å². The summed E-state index contributed by atoms with van der Waals surface area (Å²) in [5, 5.41) is 19.6. The van der Waals surface area contributed by atoms with E-state index in [-0.39, 0.29) is 37.1 Å². The number of ether oxygens (including phenoxy) is 1. The van der Waals surface area contributed by atoms with Crippen LogP contribution in [0.4, 0.5) is 0 Å². The third-order valence-corrected chi connectivity index (χ3v) is 4.95. The normalized spacial score (nSPS) is 44.1. The van der Waals surface area contributed by atoms with Gasteiger partial charge in [0.1, 0.15) is 11.9 Å². The average Bonchev–Trinajstić information content (AvgIpc) is 2.81. The van der Waals surface area contributed by atoms with Crippen molar-refractivity contribution < 1.29 is 24.5 Å². The Morgan fingerprint density at radius 2 is 2.00 bits per heavy atom. The second-order valence-electron chi connectivity index (χ2n) is 5.99. The van der Waals surface area contributed by atoms with Crippen molar-refractivity contribution in [2.24, 2.45) is 23.7 Å². The highest BCUT2D eigenvalue weighted by Crippen LogP contribution is 2.50. The molecule has 3 rings (SSSR count). The molecule has 0 bridgehead atoms. The molecular formula is C15H18O5. The number of ketones is 1. The molecule has 0 amide bonds. The summed E-state index contributed by atoms with van der Waals surface area (Å²) >= 11 is 0. The fourth-order valence-corrected chi connectivity index (χ4v) is 3.92. The van der Waals surface area contributed by atoms with Gasteiger partial charge in [-0.1, -0.05) is 18.7 Å². The molecule has 1 heterocycles. The Labute approximate surface area is 116 Å². The van der Waals surface area contributed by atoms with Gasteiger partial charge in [0, 0.05) is 18.3 Å². The number of rotatable bonds is 1. The largest absolute Gasteiger partial charge is 0.461 e. The zero-order valence-corrected chi connectivity index (χ0v) is 11.1. The van der Waals surface area contributed by atoms with E-state index in [9.17, 15) is 19.8 Å². The first-order chi connectivity index (χ1) is 9.45. The van der Waals surface area contributed by atoms with Gasteiger partial charge < -0.3 is 14.9 Å². The summed E-state index contributed by atoms with van der Waals surface area (Å²) in [6.45, 7) is 7.49. The number of carbonyl (C=O) groups excluding carboxylic acids is 2. The molecule has 0 aromatic carbocycles. The van der Waals surface area contributed by atoms with Crippen LogP contribution < -0.4 is 0 Å². The predicted molar refractivity (Wildman–Crippen MR) is 69.5 cm³/mol. The third kappa shape index (κ3) is 1.70. The number of hydrogen-bond acceptors (Lipinski definition) is 5. The molecule has 1 saturated heterocycles. The van der Waals surface area contributed by atoms with E-state index in [2.05, 4.69) is 13.2 Å². The lowest BCUT2D eigenvalue weighted by Crippen LogP contribution is -2.31. The molecular weight excluding hydrogens is 260 g/mol. The summed E-state index contributed by atoms with van der Waals surface area (Å²) in [5.74, 6) is -2.22. The first kappa shape index (κ1) is 13.5. The van der Waals surface area contributed by atoms with Crippen LogP contribution in [0.15, 0.2) is 24.3 Å². The van der Waals surface area contributed by atoms with E-state index >= 15 is 0 Å². The van der Waals surface area contributed by atoms with Crippen molar-refractivity contribution in [3.63, 3.8) is 0 Å². The van der Waals surface area contributed by atoms with Crippen LogP contribution in [0.3, 0.4) is 0 Å². The fourth-order valence-electron chi connectivity index (χ4n) is 3.92. The lowest BCUT2D eigenvalue weighted by Gasteiger charge is -2.25. The van der Waals surface area contributed by atoms with Crippen LogP contribution in [0, 0.1) is 23.7 Å². The predicted octanol–water partition coefficient (Wildman–Crippen LogP) is 0.219. The third-order valence-electron chi connectivity index (χ3n) is 4.95. The molecule has 3 aliphatic rings. The van der Waals surface area contributed by atoms with Gasteiger partial charge in [-0.3, -0.25) is 9.59 Å². The van der Waals surface area contributed by atoms with Gasteiger partial charge in [-0.25, -0.2) is 0 Å².